The lowest BCUT2D eigenvalue weighted by Crippen LogP contribution is -2.30. The van der Waals surface area contributed by atoms with E-state index in [1.165, 1.54) is 122 Å². The van der Waals surface area contributed by atoms with Gasteiger partial charge in [-0.1, -0.05) is 240 Å². The Kier molecular flexibility index (Phi) is 52.9. The number of carbonyl (C=O) groups is 3. The van der Waals surface area contributed by atoms with Gasteiger partial charge >= 0.3 is 17.9 Å². The Morgan fingerprint density at radius 3 is 0.971 bits per heavy atom. The van der Waals surface area contributed by atoms with E-state index >= 15 is 0 Å². The van der Waals surface area contributed by atoms with Crippen molar-refractivity contribution < 1.29 is 28.6 Å². The molecule has 0 heterocycles. The highest BCUT2D eigenvalue weighted by molar-refractivity contribution is 5.71. The lowest BCUT2D eigenvalue weighted by atomic mass is 10.1. The van der Waals surface area contributed by atoms with Crippen LogP contribution in [0.15, 0.2) is 97.2 Å². The second-order valence-corrected chi connectivity index (χ2v) is 18.5. The van der Waals surface area contributed by atoms with Crippen LogP contribution < -0.4 is 0 Å². The van der Waals surface area contributed by atoms with Gasteiger partial charge in [0.05, 0.1) is 0 Å². The van der Waals surface area contributed by atoms with Crippen LogP contribution in [0, 0.1) is 0 Å². The molecule has 0 aromatic rings. The highest BCUT2D eigenvalue weighted by Crippen LogP contribution is 2.15. The average Bonchev–Trinajstić information content (AvgIpc) is 3.34. The van der Waals surface area contributed by atoms with Crippen molar-refractivity contribution in [2.45, 2.75) is 264 Å². The Morgan fingerprint density at radius 2 is 0.588 bits per heavy atom. The van der Waals surface area contributed by atoms with E-state index in [9.17, 15) is 14.4 Å². The van der Waals surface area contributed by atoms with Crippen molar-refractivity contribution in [2.24, 2.45) is 0 Å². The van der Waals surface area contributed by atoms with Gasteiger partial charge in [0, 0.05) is 19.3 Å². The minimum Gasteiger partial charge on any atom is -0.462 e. The molecule has 6 nitrogen and oxygen atoms in total. The molecule has 6 heteroatoms. The molecule has 0 N–H and O–H groups in total. The van der Waals surface area contributed by atoms with Crippen LogP contribution in [0.4, 0.5) is 0 Å². The molecule has 68 heavy (non-hydrogen) atoms. The molecule has 0 aromatic heterocycles. The highest BCUT2D eigenvalue weighted by Gasteiger charge is 2.19. The van der Waals surface area contributed by atoms with E-state index in [1.54, 1.807) is 0 Å². The lowest BCUT2D eigenvalue weighted by Gasteiger charge is -2.18. The summed E-state index contributed by atoms with van der Waals surface area (Å²) in [5, 5.41) is 0. The van der Waals surface area contributed by atoms with E-state index < -0.39 is 6.10 Å². The topological polar surface area (TPSA) is 78.9 Å². The van der Waals surface area contributed by atoms with E-state index in [-0.39, 0.29) is 37.5 Å². The molecular formula is C62H104O6. The molecule has 0 spiro atoms. The van der Waals surface area contributed by atoms with Crippen LogP contribution in [-0.4, -0.2) is 37.2 Å². The van der Waals surface area contributed by atoms with Crippen molar-refractivity contribution in [1.82, 2.24) is 0 Å². The molecule has 0 aromatic carbocycles. The molecule has 0 aliphatic carbocycles. The maximum atomic E-state index is 12.8. The molecule has 0 rings (SSSR count). The summed E-state index contributed by atoms with van der Waals surface area (Å²) in [4.78, 5) is 37.8. The van der Waals surface area contributed by atoms with Crippen LogP contribution in [0.2, 0.25) is 0 Å². The van der Waals surface area contributed by atoms with Gasteiger partial charge in [0.2, 0.25) is 0 Å². The first kappa shape index (κ1) is 64.3. The predicted octanol–water partition coefficient (Wildman–Crippen LogP) is 18.9. The van der Waals surface area contributed by atoms with Crippen molar-refractivity contribution >= 4 is 17.9 Å². The fourth-order valence-corrected chi connectivity index (χ4v) is 7.60. The fraction of sp³-hybridized carbons (Fsp3) is 0.694. The quantitative estimate of drug-likeness (QED) is 0.0262. The number of allylic oxidation sites excluding steroid dienone is 16. The summed E-state index contributed by atoms with van der Waals surface area (Å²) in [5.41, 5.74) is 0. The summed E-state index contributed by atoms with van der Waals surface area (Å²) in [7, 11) is 0. The monoisotopic (exact) mass is 945 g/mol. The third-order valence-corrected chi connectivity index (χ3v) is 11.8. The Bertz CT molecular complexity index is 1360. The highest BCUT2D eigenvalue weighted by atomic mass is 16.6. The van der Waals surface area contributed by atoms with Gasteiger partial charge in [0.25, 0.3) is 0 Å². The summed E-state index contributed by atoms with van der Waals surface area (Å²) >= 11 is 0. The van der Waals surface area contributed by atoms with Gasteiger partial charge in [-0.25, -0.2) is 0 Å². The number of unbranched alkanes of at least 4 members (excludes halogenated alkanes) is 23. The van der Waals surface area contributed by atoms with E-state index in [0.717, 1.165) is 89.9 Å². The molecule has 0 aliphatic heterocycles. The van der Waals surface area contributed by atoms with Gasteiger partial charge in [-0.05, 0) is 96.3 Å². The second-order valence-electron chi connectivity index (χ2n) is 18.5. The van der Waals surface area contributed by atoms with Gasteiger partial charge in [0.1, 0.15) is 13.2 Å². The largest absolute Gasteiger partial charge is 0.462 e. The number of esters is 3. The third kappa shape index (κ3) is 53.3. The van der Waals surface area contributed by atoms with Crippen LogP contribution in [0.1, 0.15) is 258 Å². The Labute approximate surface area is 419 Å². The number of hydrogen-bond donors (Lipinski definition) is 0. The number of rotatable bonds is 50. The van der Waals surface area contributed by atoms with Crippen LogP contribution in [0.3, 0.4) is 0 Å². The minimum atomic E-state index is -0.799. The van der Waals surface area contributed by atoms with E-state index in [0.29, 0.717) is 19.3 Å². The summed E-state index contributed by atoms with van der Waals surface area (Å²) in [5.74, 6) is -0.970. The second kappa shape index (κ2) is 55.9. The fourth-order valence-electron chi connectivity index (χ4n) is 7.60. The van der Waals surface area contributed by atoms with E-state index in [2.05, 4.69) is 118 Å². The third-order valence-electron chi connectivity index (χ3n) is 11.8. The van der Waals surface area contributed by atoms with E-state index in [4.69, 9.17) is 14.2 Å². The zero-order chi connectivity index (χ0) is 49.3. The van der Waals surface area contributed by atoms with Crippen molar-refractivity contribution in [2.75, 3.05) is 13.2 Å². The molecular weight excluding hydrogens is 841 g/mol. The van der Waals surface area contributed by atoms with Crippen molar-refractivity contribution in [3.8, 4) is 0 Å². The van der Waals surface area contributed by atoms with Crippen LogP contribution in [0.5, 0.6) is 0 Å². The molecule has 0 saturated carbocycles. The summed E-state index contributed by atoms with van der Waals surface area (Å²) in [6.07, 6.45) is 74.4. The molecule has 388 valence electrons. The van der Waals surface area contributed by atoms with Gasteiger partial charge in [-0.3, -0.25) is 14.4 Å². The Morgan fingerprint density at radius 1 is 0.309 bits per heavy atom. The maximum absolute atomic E-state index is 12.8. The van der Waals surface area contributed by atoms with E-state index in [1.807, 2.05) is 0 Å². The zero-order valence-electron chi connectivity index (χ0n) is 44.3. The summed E-state index contributed by atoms with van der Waals surface area (Å²) in [6.45, 7) is 6.42. The van der Waals surface area contributed by atoms with Crippen LogP contribution in [-0.2, 0) is 28.6 Å². The molecule has 0 saturated heterocycles. The van der Waals surface area contributed by atoms with Crippen molar-refractivity contribution in [3.05, 3.63) is 97.2 Å². The van der Waals surface area contributed by atoms with Crippen molar-refractivity contribution in [3.63, 3.8) is 0 Å². The zero-order valence-corrected chi connectivity index (χ0v) is 44.3. The first-order valence-electron chi connectivity index (χ1n) is 28.2. The molecule has 0 fully saturated rings. The molecule has 0 aliphatic rings. The Balaban J connectivity index is 4.28. The number of carbonyl (C=O) groups excluding carboxylic acids is 3. The molecule has 0 bridgehead atoms. The maximum Gasteiger partial charge on any atom is 0.306 e. The van der Waals surface area contributed by atoms with Gasteiger partial charge < -0.3 is 14.2 Å². The summed E-state index contributed by atoms with van der Waals surface area (Å²) < 4.78 is 16.7. The standard InChI is InChI=1S/C62H104O6/c1-4-7-10-13-16-18-20-22-24-26-28-30-31-33-34-36-38-40-42-44-46-49-52-55-61(64)67-58-59(57-66-60(63)54-51-48-15-12-9-6-3)68-62(65)56-53-50-47-45-43-41-39-37-35-32-29-27-25-23-21-19-17-14-11-8-5-2/h7,10,16,18,22,24,27-30,33-34,38,40,44,46,59H,4-6,8-9,11-15,17,19-21,23,25-26,31-32,35-37,39,41-43,45,47-58H2,1-3H3/b10-7-,18-16-,24-22-,29-27-,30-28-,34-33-,40-38-,46-44-. The summed E-state index contributed by atoms with van der Waals surface area (Å²) in [6, 6.07) is 0. The van der Waals surface area contributed by atoms with Gasteiger partial charge in [-0.15, -0.1) is 0 Å². The Hall–Kier alpha value is -3.67. The molecule has 1 atom stereocenters. The molecule has 0 amide bonds. The lowest BCUT2D eigenvalue weighted by molar-refractivity contribution is -0.167. The first-order valence-corrected chi connectivity index (χ1v) is 28.2. The molecule has 0 radical (unpaired) electrons. The SMILES string of the molecule is CC/C=C\C/C=C\C/C=C\C/C=C\C/C=C\C/C=C\C/C=C\CCCC(=O)OCC(COC(=O)CCCCCCCC)OC(=O)CCCCCCCCCCC/C=C\CCCCCCCCCC. The normalized spacial score (nSPS) is 12.8. The van der Waals surface area contributed by atoms with Crippen LogP contribution in [0.25, 0.3) is 0 Å². The smallest absolute Gasteiger partial charge is 0.306 e. The predicted molar refractivity (Wildman–Crippen MR) is 293 cm³/mol. The van der Waals surface area contributed by atoms with Crippen LogP contribution >= 0.6 is 0 Å². The average molecular weight is 946 g/mol. The minimum absolute atomic E-state index is 0.0966. The van der Waals surface area contributed by atoms with Crippen molar-refractivity contribution in [1.29, 1.82) is 0 Å². The number of hydrogen-bond acceptors (Lipinski definition) is 6. The first-order chi connectivity index (χ1) is 33.5. The number of ether oxygens (including phenoxy) is 3. The van der Waals surface area contributed by atoms with Gasteiger partial charge in [-0.2, -0.15) is 0 Å². The van der Waals surface area contributed by atoms with Gasteiger partial charge in [0.15, 0.2) is 6.10 Å². The molecule has 1 unspecified atom stereocenters.